The lowest BCUT2D eigenvalue weighted by Gasteiger charge is -2.10. The predicted molar refractivity (Wildman–Crippen MR) is 42.8 cm³/mol. The molecule has 3 nitrogen and oxygen atoms in total. The van der Waals surface area contributed by atoms with E-state index in [1.54, 1.807) is 6.92 Å². The topological polar surface area (TPSA) is 49.3 Å². The quantitative estimate of drug-likeness (QED) is 0.559. The van der Waals surface area contributed by atoms with Crippen LogP contribution < -0.4 is 5.32 Å². The van der Waals surface area contributed by atoms with Crippen molar-refractivity contribution < 1.29 is 9.90 Å². The molecule has 0 bridgehead atoms. The van der Waals surface area contributed by atoms with Crippen LogP contribution in [0.2, 0.25) is 0 Å². The van der Waals surface area contributed by atoms with Crippen LogP contribution in [0, 0.1) is 11.8 Å². The molecular formula is C8H13NO2. The average molecular weight is 155 g/mol. The van der Waals surface area contributed by atoms with Gasteiger partial charge in [0.2, 0.25) is 0 Å². The third-order valence-corrected chi connectivity index (χ3v) is 1.29. The fourth-order valence-corrected chi connectivity index (χ4v) is 0.612. The predicted octanol–water partition coefficient (Wildman–Crippen LogP) is -0.103. The van der Waals surface area contributed by atoms with Crippen LogP contribution in [-0.4, -0.2) is 23.7 Å². The van der Waals surface area contributed by atoms with Gasteiger partial charge >= 0.3 is 0 Å². The minimum Gasteiger partial charge on any atom is -0.394 e. The number of hydrogen-bond acceptors (Lipinski definition) is 2. The number of hydrogen-bond donors (Lipinski definition) is 2. The van der Waals surface area contributed by atoms with Crippen LogP contribution in [0.3, 0.4) is 0 Å². The van der Waals surface area contributed by atoms with Gasteiger partial charge in [-0.3, -0.25) is 4.79 Å². The Balaban J connectivity index is 3.78. The van der Waals surface area contributed by atoms with Gasteiger partial charge in [0.15, 0.2) is 0 Å². The lowest BCUT2D eigenvalue weighted by Crippen LogP contribution is -2.36. The molecule has 0 spiro atoms. The fraction of sp³-hybridized carbons (Fsp3) is 0.625. The minimum absolute atomic E-state index is 0.0341. The van der Waals surface area contributed by atoms with Gasteiger partial charge in [-0.1, -0.05) is 12.8 Å². The Bertz CT molecular complexity index is 174. The second-order valence-electron chi connectivity index (χ2n) is 2.14. The molecule has 11 heavy (non-hydrogen) atoms. The van der Waals surface area contributed by atoms with E-state index in [1.807, 2.05) is 6.92 Å². The molecule has 0 aromatic heterocycles. The molecule has 0 rings (SSSR count). The summed E-state index contributed by atoms with van der Waals surface area (Å²) in [6, 6.07) is -0.164. The number of carbonyl (C=O) groups is 1. The summed E-state index contributed by atoms with van der Waals surface area (Å²) in [5.74, 6) is 4.49. The standard InChI is InChI=1S/C8H13NO2/c1-3-5-8(11)9-7(4-2)6-10/h7,10H,4,6H2,1-2H3,(H,9,11)/t7-/m0/s1. The van der Waals surface area contributed by atoms with E-state index in [9.17, 15) is 4.79 Å². The second-order valence-corrected chi connectivity index (χ2v) is 2.14. The molecule has 0 radical (unpaired) electrons. The molecule has 0 aliphatic rings. The summed E-state index contributed by atoms with van der Waals surface area (Å²) < 4.78 is 0. The summed E-state index contributed by atoms with van der Waals surface area (Å²) in [5, 5.41) is 11.2. The molecule has 0 saturated carbocycles. The molecule has 62 valence electrons. The van der Waals surface area contributed by atoms with Crippen LogP contribution in [0.25, 0.3) is 0 Å². The molecular weight excluding hydrogens is 142 g/mol. The normalized spacial score (nSPS) is 11.2. The van der Waals surface area contributed by atoms with Gasteiger partial charge in [-0.05, 0) is 19.3 Å². The molecule has 0 aromatic rings. The maximum atomic E-state index is 10.8. The Morgan fingerprint density at radius 2 is 2.36 bits per heavy atom. The van der Waals surface area contributed by atoms with Gasteiger partial charge in [-0.2, -0.15) is 0 Å². The van der Waals surface area contributed by atoms with Crippen molar-refractivity contribution in [1.29, 1.82) is 0 Å². The van der Waals surface area contributed by atoms with Crippen LogP contribution in [0.15, 0.2) is 0 Å². The third-order valence-electron chi connectivity index (χ3n) is 1.29. The molecule has 1 amide bonds. The first-order valence-electron chi connectivity index (χ1n) is 3.58. The molecule has 0 aliphatic carbocycles. The van der Waals surface area contributed by atoms with Gasteiger partial charge in [-0.15, -0.1) is 0 Å². The zero-order valence-electron chi connectivity index (χ0n) is 6.85. The van der Waals surface area contributed by atoms with E-state index in [2.05, 4.69) is 17.2 Å². The largest absolute Gasteiger partial charge is 0.394 e. The van der Waals surface area contributed by atoms with Gasteiger partial charge in [-0.25, -0.2) is 0 Å². The van der Waals surface area contributed by atoms with Crippen LogP contribution in [0.1, 0.15) is 20.3 Å². The molecule has 0 heterocycles. The van der Waals surface area contributed by atoms with Crippen molar-refractivity contribution in [3.63, 3.8) is 0 Å². The number of amides is 1. The summed E-state index contributed by atoms with van der Waals surface area (Å²) >= 11 is 0. The second kappa shape index (κ2) is 5.75. The highest BCUT2D eigenvalue weighted by Crippen LogP contribution is 1.87. The molecule has 0 aromatic carbocycles. The van der Waals surface area contributed by atoms with E-state index in [-0.39, 0.29) is 18.6 Å². The van der Waals surface area contributed by atoms with E-state index in [1.165, 1.54) is 0 Å². The molecule has 1 atom stereocenters. The fourth-order valence-electron chi connectivity index (χ4n) is 0.612. The lowest BCUT2D eigenvalue weighted by atomic mass is 10.2. The Labute approximate surface area is 66.8 Å². The smallest absolute Gasteiger partial charge is 0.296 e. The monoisotopic (exact) mass is 155 g/mol. The zero-order chi connectivity index (χ0) is 8.69. The van der Waals surface area contributed by atoms with Crippen molar-refractivity contribution in [1.82, 2.24) is 5.32 Å². The Hall–Kier alpha value is -1.01. The highest BCUT2D eigenvalue weighted by molar-refractivity contribution is 5.93. The van der Waals surface area contributed by atoms with E-state index in [0.717, 1.165) is 0 Å². The first-order valence-corrected chi connectivity index (χ1v) is 3.58. The van der Waals surface area contributed by atoms with Gasteiger partial charge in [0.1, 0.15) is 0 Å². The van der Waals surface area contributed by atoms with Crippen LogP contribution in [-0.2, 0) is 4.79 Å². The summed E-state index contributed by atoms with van der Waals surface area (Å²) in [5.41, 5.74) is 0. The van der Waals surface area contributed by atoms with Crippen molar-refractivity contribution >= 4 is 5.91 Å². The maximum Gasteiger partial charge on any atom is 0.296 e. The maximum absolute atomic E-state index is 10.8. The minimum atomic E-state index is -0.326. The van der Waals surface area contributed by atoms with Gasteiger partial charge < -0.3 is 10.4 Å². The van der Waals surface area contributed by atoms with Crippen molar-refractivity contribution in [2.45, 2.75) is 26.3 Å². The summed E-state index contributed by atoms with van der Waals surface area (Å²) in [6.45, 7) is 3.45. The Morgan fingerprint density at radius 3 is 2.73 bits per heavy atom. The third kappa shape index (κ3) is 4.40. The molecule has 0 saturated heterocycles. The zero-order valence-corrected chi connectivity index (χ0v) is 6.85. The Kier molecular flexibility index (Phi) is 5.22. The van der Waals surface area contributed by atoms with Crippen LogP contribution in [0.5, 0.6) is 0 Å². The van der Waals surface area contributed by atoms with E-state index < -0.39 is 0 Å². The molecule has 0 fully saturated rings. The van der Waals surface area contributed by atoms with E-state index in [4.69, 9.17) is 5.11 Å². The van der Waals surface area contributed by atoms with Crippen LogP contribution in [0.4, 0.5) is 0 Å². The number of carbonyl (C=O) groups excluding carboxylic acids is 1. The van der Waals surface area contributed by atoms with Crippen molar-refractivity contribution in [2.75, 3.05) is 6.61 Å². The summed E-state index contributed by atoms with van der Waals surface area (Å²) in [4.78, 5) is 10.8. The average Bonchev–Trinajstić information content (AvgIpc) is 2.01. The van der Waals surface area contributed by atoms with Gasteiger partial charge in [0.25, 0.3) is 5.91 Å². The van der Waals surface area contributed by atoms with Crippen LogP contribution >= 0.6 is 0 Å². The van der Waals surface area contributed by atoms with Gasteiger partial charge in [0.05, 0.1) is 12.6 Å². The lowest BCUT2D eigenvalue weighted by molar-refractivity contribution is -0.116. The highest BCUT2D eigenvalue weighted by atomic mass is 16.3. The first kappa shape index (κ1) is 9.99. The molecule has 0 unspecified atom stereocenters. The Morgan fingerprint density at radius 1 is 1.73 bits per heavy atom. The van der Waals surface area contributed by atoms with Crippen molar-refractivity contribution in [3.05, 3.63) is 0 Å². The SMILES string of the molecule is CC#CC(=O)N[C@@H](CC)CO. The molecule has 2 N–H and O–H groups in total. The number of aliphatic hydroxyl groups is 1. The number of aliphatic hydroxyl groups excluding tert-OH is 1. The van der Waals surface area contributed by atoms with E-state index in [0.29, 0.717) is 6.42 Å². The summed E-state index contributed by atoms with van der Waals surface area (Å²) in [6.07, 6.45) is 0.716. The molecule has 0 aliphatic heterocycles. The number of nitrogens with one attached hydrogen (secondary N) is 1. The summed E-state index contributed by atoms with van der Waals surface area (Å²) in [7, 11) is 0. The van der Waals surface area contributed by atoms with Crippen molar-refractivity contribution in [2.24, 2.45) is 0 Å². The van der Waals surface area contributed by atoms with Gasteiger partial charge in [0, 0.05) is 0 Å². The molecule has 3 heteroatoms. The highest BCUT2D eigenvalue weighted by Gasteiger charge is 2.05. The van der Waals surface area contributed by atoms with E-state index >= 15 is 0 Å². The van der Waals surface area contributed by atoms with Crippen molar-refractivity contribution in [3.8, 4) is 11.8 Å². The number of rotatable bonds is 3. The first-order chi connectivity index (χ1) is 5.24.